The molecule has 0 atom stereocenters. The van der Waals surface area contributed by atoms with Crippen LogP contribution in [-0.4, -0.2) is 22.4 Å². The summed E-state index contributed by atoms with van der Waals surface area (Å²) < 4.78 is 14.2. The largest absolute Gasteiger partial charge is 0.363 e. The average Bonchev–Trinajstić information content (AvgIpc) is 3.39. The third-order valence-corrected chi connectivity index (χ3v) is 8.81. The van der Waals surface area contributed by atoms with Crippen LogP contribution in [0, 0.1) is 22.6 Å². The summed E-state index contributed by atoms with van der Waals surface area (Å²) in [6, 6.07) is 15.6. The van der Waals surface area contributed by atoms with Crippen molar-refractivity contribution in [3.05, 3.63) is 70.4 Å². The van der Waals surface area contributed by atoms with Gasteiger partial charge in [0.15, 0.2) is 5.54 Å². The Hall–Kier alpha value is -2.76. The number of rotatable bonds is 3. The standard InChI is InChI=1S/C28H34FN4O/c29-24-9-6-12-26(19-24)32-28(27(31-33(32)34)30-25-10-2-1-3-11-25)15-13-20(14-16-28)23-17-21-7-4-5-8-22(21)18-23/h4-9,12,19-20,23,25H,1-3,10-11,13-18H2,(H,30,31,34)/q+1. The van der Waals surface area contributed by atoms with Gasteiger partial charge >= 0.3 is 0 Å². The van der Waals surface area contributed by atoms with Crippen LogP contribution < -0.4 is 10.3 Å². The zero-order valence-electron chi connectivity index (χ0n) is 19.8. The molecule has 0 amide bonds. The van der Waals surface area contributed by atoms with Crippen molar-refractivity contribution in [3.63, 3.8) is 0 Å². The highest BCUT2D eigenvalue weighted by Crippen LogP contribution is 2.47. The highest BCUT2D eigenvalue weighted by Gasteiger charge is 2.59. The first-order valence-electron chi connectivity index (χ1n) is 13.1. The summed E-state index contributed by atoms with van der Waals surface area (Å²) in [5, 5.41) is 9.91. The molecule has 6 rings (SSSR count). The molecule has 1 aliphatic heterocycles. The van der Waals surface area contributed by atoms with Gasteiger partial charge in [-0.25, -0.2) is 4.39 Å². The predicted molar refractivity (Wildman–Crippen MR) is 132 cm³/mol. The molecule has 2 saturated carbocycles. The monoisotopic (exact) mass is 461 g/mol. The number of nitrogens with zero attached hydrogens (tertiary/aromatic N) is 3. The molecule has 1 spiro atoms. The fraction of sp³-hybridized carbons (Fsp3) is 0.536. The summed E-state index contributed by atoms with van der Waals surface area (Å²) in [5.41, 5.74) is 3.07. The number of fused-ring (bicyclic) bond motifs is 1. The van der Waals surface area contributed by atoms with Gasteiger partial charge in [0.05, 0.1) is 10.0 Å². The SMILES string of the molecule is O=[N+]1N=C(NC2CCCCC2)C2(CCC(C3Cc4ccccc4C3)CC2)N1c1cccc(F)c1. The highest BCUT2D eigenvalue weighted by molar-refractivity contribution is 5.95. The van der Waals surface area contributed by atoms with E-state index in [0.29, 0.717) is 28.5 Å². The Morgan fingerprint density at radius 2 is 1.62 bits per heavy atom. The number of amidine groups is 1. The van der Waals surface area contributed by atoms with Gasteiger partial charge in [-0.2, -0.15) is 0 Å². The smallest absolute Gasteiger partial charge is 0.288 e. The third-order valence-electron chi connectivity index (χ3n) is 8.81. The van der Waals surface area contributed by atoms with Crippen LogP contribution in [-0.2, 0) is 12.8 Å². The second-order valence-corrected chi connectivity index (χ2v) is 10.8. The fourth-order valence-corrected chi connectivity index (χ4v) is 7.01. The van der Waals surface area contributed by atoms with Crippen LogP contribution in [0.25, 0.3) is 0 Å². The summed E-state index contributed by atoms with van der Waals surface area (Å²) in [7, 11) is 0. The molecule has 0 radical (unpaired) electrons. The normalized spacial score (nSPS) is 27.8. The maximum Gasteiger partial charge on any atom is 0.288 e. The molecule has 34 heavy (non-hydrogen) atoms. The number of benzene rings is 2. The first-order chi connectivity index (χ1) is 16.6. The minimum absolute atomic E-state index is 0.327. The van der Waals surface area contributed by atoms with Gasteiger partial charge in [0, 0.05) is 12.1 Å². The van der Waals surface area contributed by atoms with E-state index in [1.807, 2.05) is 6.07 Å². The van der Waals surface area contributed by atoms with Crippen molar-refractivity contribution in [1.29, 1.82) is 0 Å². The minimum atomic E-state index is -0.519. The van der Waals surface area contributed by atoms with Crippen LogP contribution in [0.3, 0.4) is 0 Å². The number of hydrogen-bond donors (Lipinski definition) is 1. The van der Waals surface area contributed by atoms with E-state index in [9.17, 15) is 9.30 Å². The molecule has 5 nitrogen and oxygen atoms in total. The molecular weight excluding hydrogens is 427 g/mol. The van der Waals surface area contributed by atoms with E-state index in [1.165, 1.54) is 42.5 Å². The van der Waals surface area contributed by atoms with Crippen LogP contribution >= 0.6 is 0 Å². The lowest BCUT2D eigenvalue weighted by atomic mass is 9.70. The summed E-state index contributed by atoms with van der Waals surface area (Å²) >= 11 is 0. The lowest BCUT2D eigenvalue weighted by molar-refractivity contribution is -0.565. The lowest BCUT2D eigenvalue weighted by Gasteiger charge is -2.41. The number of hydrazone groups is 1. The van der Waals surface area contributed by atoms with Crippen molar-refractivity contribution in [2.75, 3.05) is 5.01 Å². The Labute approximate surface area is 201 Å². The molecule has 0 saturated heterocycles. The molecule has 178 valence electrons. The van der Waals surface area contributed by atoms with E-state index in [-0.39, 0.29) is 5.82 Å². The predicted octanol–water partition coefficient (Wildman–Crippen LogP) is 5.92. The summed E-state index contributed by atoms with van der Waals surface area (Å²) in [6.07, 6.45) is 12.1. The second kappa shape index (κ2) is 8.79. The molecule has 1 heterocycles. The molecule has 0 unspecified atom stereocenters. The maximum absolute atomic E-state index is 14.2. The second-order valence-electron chi connectivity index (χ2n) is 10.8. The van der Waals surface area contributed by atoms with Crippen molar-refractivity contribution in [2.24, 2.45) is 16.9 Å². The fourth-order valence-electron chi connectivity index (χ4n) is 7.01. The molecule has 2 aromatic rings. The van der Waals surface area contributed by atoms with Gasteiger partial charge in [-0.05, 0) is 86.5 Å². The van der Waals surface area contributed by atoms with Gasteiger partial charge in [-0.1, -0.05) is 54.6 Å². The quantitative estimate of drug-likeness (QED) is 0.577. The zero-order chi connectivity index (χ0) is 23.1. The number of nitrogens with one attached hydrogen (secondary N) is 1. The van der Waals surface area contributed by atoms with Crippen molar-refractivity contribution >= 4 is 11.5 Å². The zero-order valence-corrected chi connectivity index (χ0v) is 19.8. The lowest BCUT2D eigenvalue weighted by Crippen LogP contribution is -2.59. The Morgan fingerprint density at radius 3 is 2.29 bits per heavy atom. The number of anilines is 1. The van der Waals surface area contributed by atoms with E-state index in [0.717, 1.165) is 57.2 Å². The van der Waals surface area contributed by atoms with Crippen LogP contribution in [0.15, 0.2) is 53.6 Å². The van der Waals surface area contributed by atoms with E-state index in [1.54, 1.807) is 11.1 Å². The van der Waals surface area contributed by atoms with E-state index < -0.39 is 5.54 Å². The number of halogens is 1. The molecule has 0 bridgehead atoms. The molecule has 1 N–H and O–H groups in total. The highest BCUT2D eigenvalue weighted by atomic mass is 19.1. The Morgan fingerprint density at radius 1 is 0.912 bits per heavy atom. The Kier molecular flexibility index (Phi) is 5.62. The molecule has 2 fully saturated rings. The Bertz CT molecular complexity index is 1080. The maximum atomic E-state index is 14.2. The Balaban J connectivity index is 1.26. The molecule has 3 aliphatic carbocycles. The molecule has 6 heteroatoms. The minimum Gasteiger partial charge on any atom is -0.363 e. The molecule has 2 aromatic carbocycles. The molecule has 4 aliphatic rings. The van der Waals surface area contributed by atoms with Crippen molar-refractivity contribution in [3.8, 4) is 0 Å². The van der Waals surface area contributed by atoms with E-state index >= 15 is 0 Å². The van der Waals surface area contributed by atoms with Crippen LogP contribution in [0.2, 0.25) is 0 Å². The van der Waals surface area contributed by atoms with Crippen LogP contribution in [0.5, 0.6) is 0 Å². The average molecular weight is 462 g/mol. The van der Waals surface area contributed by atoms with Gasteiger partial charge in [0.25, 0.3) is 4.98 Å². The molecular formula is C28H34FN4O+. The summed E-state index contributed by atoms with van der Waals surface area (Å²) in [4.78, 5) is 13.9. The molecule has 0 aromatic heterocycles. The third kappa shape index (κ3) is 3.81. The van der Waals surface area contributed by atoms with Crippen LogP contribution in [0.4, 0.5) is 10.1 Å². The van der Waals surface area contributed by atoms with Crippen molar-refractivity contribution in [2.45, 2.75) is 82.2 Å². The number of hydrogen-bond acceptors (Lipinski definition) is 2. The van der Waals surface area contributed by atoms with Gasteiger partial charge in [0.2, 0.25) is 5.84 Å². The van der Waals surface area contributed by atoms with Crippen LogP contribution in [0.1, 0.15) is 68.9 Å². The summed E-state index contributed by atoms with van der Waals surface area (Å²) in [6.45, 7) is 0. The topological polar surface area (TPSA) is 47.7 Å². The van der Waals surface area contributed by atoms with Crippen molar-refractivity contribution < 1.29 is 9.37 Å². The van der Waals surface area contributed by atoms with Gasteiger partial charge in [-0.3, -0.25) is 0 Å². The van der Waals surface area contributed by atoms with E-state index in [2.05, 4.69) is 34.7 Å². The number of nitroso groups, excluding NO2 is 1. The van der Waals surface area contributed by atoms with E-state index in [4.69, 9.17) is 0 Å². The van der Waals surface area contributed by atoms with Gasteiger partial charge in [-0.15, -0.1) is 0 Å². The first kappa shape index (κ1) is 21.8. The summed E-state index contributed by atoms with van der Waals surface area (Å²) in [5.74, 6) is 1.79. The van der Waals surface area contributed by atoms with Crippen molar-refractivity contribution in [1.82, 2.24) is 5.32 Å². The first-order valence-corrected chi connectivity index (χ1v) is 13.1. The number of hydrazine groups is 1. The van der Waals surface area contributed by atoms with Gasteiger partial charge in [0.1, 0.15) is 11.5 Å². The van der Waals surface area contributed by atoms with Gasteiger partial charge < -0.3 is 5.32 Å².